The van der Waals surface area contributed by atoms with Gasteiger partial charge in [0.2, 0.25) is 0 Å². The lowest BCUT2D eigenvalue weighted by molar-refractivity contribution is 0.0996. The van der Waals surface area contributed by atoms with E-state index in [-0.39, 0.29) is 11.6 Å². The third-order valence-corrected chi connectivity index (χ3v) is 4.82. The number of amides is 3. The highest BCUT2D eigenvalue weighted by atomic mass is 19.1. The zero-order valence-corrected chi connectivity index (χ0v) is 14.7. The molecule has 1 atom stereocenters. The maximum atomic E-state index is 13.6. The van der Waals surface area contributed by atoms with E-state index < -0.39 is 11.7 Å². The van der Waals surface area contributed by atoms with Crippen LogP contribution in [0.2, 0.25) is 0 Å². The highest BCUT2D eigenvalue weighted by Crippen LogP contribution is 2.29. The second kappa shape index (κ2) is 7.56. The van der Waals surface area contributed by atoms with E-state index in [0.29, 0.717) is 24.7 Å². The lowest BCUT2D eigenvalue weighted by Gasteiger charge is -2.33. The Hall–Kier alpha value is -2.89. The number of benzene rings is 2. The molecule has 0 aromatic heterocycles. The molecule has 1 heterocycles. The molecule has 1 saturated heterocycles. The van der Waals surface area contributed by atoms with Gasteiger partial charge >= 0.3 is 6.03 Å². The van der Waals surface area contributed by atoms with E-state index in [1.807, 2.05) is 12.1 Å². The van der Waals surface area contributed by atoms with Gasteiger partial charge in [0.05, 0.1) is 5.56 Å². The number of nitrogens with one attached hydrogen (secondary N) is 1. The topological polar surface area (TPSA) is 75.4 Å². The molecule has 5 nitrogen and oxygen atoms in total. The van der Waals surface area contributed by atoms with Gasteiger partial charge in [0.1, 0.15) is 5.82 Å². The van der Waals surface area contributed by atoms with Gasteiger partial charge in [0, 0.05) is 24.7 Å². The molecule has 0 unspecified atom stereocenters. The minimum Gasteiger partial charge on any atom is -0.366 e. The van der Waals surface area contributed by atoms with Crippen LogP contribution in [0.3, 0.4) is 0 Å². The molecule has 0 radical (unpaired) electrons. The van der Waals surface area contributed by atoms with Crippen molar-refractivity contribution >= 4 is 17.6 Å². The molecule has 2 aromatic rings. The van der Waals surface area contributed by atoms with Crippen molar-refractivity contribution < 1.29 is 14.0 Å². The Labute approximate surface area is 152 Å². The van der Waals surface area contributed by atoms with Crippen molar-refractivity contribution in [2.75, 3.05) is 18.4 Å². The van der Waals surface area contributed by atoms with Crippen LogP contribution in [-0.2, 0) is 0 Å². The fourth-order valence-corrected chi connectivity index (χ4v) is 3.45. The van der Waals surface area contributed by atoms with Crippen molar-refractivity contribution in [3.63, 3.8) is 0 Å². The SMILES string of the molecule is Cc1ccccc1[C@@H]1CCCN(C(=O)Nc2ccc(F)c(C(N)=O)c2)C1. The van der Waals surface area contributed by atoms with Crippen molar-refractivity contribution in [1.82, 2.24) is 4.90 Å². The number of primary amides is 1. The minimum absolute atomic E-state index is 0.237. The van der Waals surface area contributed by atoms with Crippen LogP contribution in [0.4, 0.5) is 14.9 Å². The molecule has 2 aromatic carbocycles. The molecule has 0 bridgehead atoms. The molecular weight excluding hydrogens is 333 g/mol. The number of likely N-dealkylation sites (tertiary alicyclic amines) is 1. The Balaban J connectivity index is 1.71. The van der Waals surface area contributed by atoms with Crippen molar-refractivity contribution in [1.29, 1.82) is 0 Å². The number of piperidine rings is 1. The molecule has 0 aliphatic carbocycles. The molecule has 26 heavy (non-hydrogen) atoms. The standard InChI is InChI=1S/C20H22FN3O2/c1-13-5-2-3-7-16(13)14-6-4-10-24(12-14)20(26)23-15-8-9-18(21)17(11-15)19(22)25/h2-3,5,7-9,11,14H,4,6,10,12H2,1H3,(H2,22,25)(H,23,26)/t14-/m1/s1. The molecule has 0 saturated carbocycles. The maximum absolute atomic E-state index is 13.6. The van der Waals surface area contributed by atoms with Crippen LogP contribution in [0, 0.1) is 12.7 Å². The molecule has 1 aliphatic heterocycles. The van der Waals surface area contributed by atoms with Gasteiger partial charge in [-0.15, -0.1) is 0 Å². The van der Waals surface area contributed by atoms with Crippen LogP contribution in [0.5, 0.6) is 0 Å². The second-order valence-electron chi connectivity index (χ2n) is 6.63. The summed E-state index contributed by atoms with van der Waals surface area (Å²) in [6, 6.07) is 11.8. The Morgan fingerprint density at radius 1 is 1.23 bits per heavy atom. The smallest absolute Gasteiger partial charge is 0.321 e. The van der Waals surface area contributed by atoms with E-state index >= 15 is 0 Å². The van der Waals surface area contributed by atoms with Crippen LogP contribution in [0.15, 0.2) is 42.5 Å². The summed E-state index contributed by atoms with van der Waals surface area (Å²) >= 11 is 0. The van der Waals surface area contributed by atoms with E-state index in [9.17, 15) is 14.0 Å². The number of anilines is 1. The fraction of sp³-hybridized carbons (Fsp3) is 0.300. The number of carbonyl (C=O) groups excluding carboxylic acids is 2. The molecule has 3 rings (SSSR count). The van der Waals surface area contributed by atoms with Crippen LogP contribution in [-0.4, -0.2) is 29.9 Å². The first-order valence-electron chi connectivity index (χ1n) is 8.66. The summed E-state index contributed by atoms with van der Waals surface area (Å²) < 4.78 is 13.6. The first kappa shape index (κ1) is 17.9. The quantitative estimate of drug-likeness (QED) is 0.882. The first-order chi connectivity index (χ1) is 12.5. The molecule has 6 heteroatoms. The van der Waals surface area contributed by atoms with E-state index in [4.69, 9.17) is 5.73 Å². The normalized spacial score (nSPS) is 17.0. The maximum Gasteiger partial charge on any atom is 0.321 e. The van der Waals surface area contributed by atoms with E-state index in [0.717, 1.165) is 18.9 Å². The predicted octanol–water partition coefficient (Wildman–Crippen LogP) is 3.64. The first-order valence-corrected chi connectivity index (χ1v) is 8.66. The summed E-state index contributed by atoms with van der Waals surface area (Å²) in [4.78, 5) is 25.6. The zero-order valence-electron chi connectivity index (χ0n) is 14.7. The predicted molar refractivity (Wildman–Crippen MR) is 98.7 cm³/mol. The molecule has 3 amide bonds. The lowest BCUT2D eigenvalue weighted by Crippen LogP contribution is -2.41. The van der Waals surface area contributed by atoms with Crippen molar-refractivity contribution in [3.8, 4) is 0 Å². The summed E-state index contributed by atoms with van der Waals surface area (Å²) in [6.45, 7) is 3.37. The Morgan fingerprint density at radius 3 is 2.73 bits per heavy atom. The lowest BCUT2D eigenvalue weighted by atomic mass is 9.88. The summed E-state index contributed by atoms with van der Waals surface area (Å²) in [6.07, 6.45) is 1.96. The van der Waals surface area contributed by atoms with Gasteiger partial charge in [-0.3, -0.25) is 4.79 Å². The number of hydrogen-bond donors (Lipinski definition) is 2. The molecule has 1 aliphatic rings. The van der Waals surface area contributed by atoms with Gasteiger partial charge in [-0.05, 0) is 49.1 Å². The van der Waals surface area contributed by atoms with Crippen LogP contribution in [0.25, 0.3) is 0 Å². The Bertz CT molecular complexity index is 838. The minimum atomic E-state index is -0.865. The molecule has 3 N–H and O–H groups in total. The van der Waals surface area contributed by atoms with Gasteiger partial charge in [-0.1, -0.05) is 24.3 Å². The average Bonchev–Trinajstić information content (AvgIpc) is 2.63. The highest BCUT2D eigenvalue weighted by molar-refractivity contribution is 5.96. The van der Waals surface area contributed by atoms with Crippen LogP contribution >= 0.6 is 0 Å². The van der Waals surface area contributed by atoms with Crippen molar-refractivity contribution in [2.45, 2.75) is 25.7 Å². The monoisotopic (exact) mass is 355 g/mol. The second-order valence-corrected chi connectivity index (χ2v) is 6.63. The van der Waals surface area contributed by atoms with E-state index in [1.165, 1.54) is 23.3 Å². The Morgan fingerprint density at radius 2 is 2.00 bits per heavy atom. The molecule has 0 spiro atoms. The number of hydrogen-bond acceptors (Lipinski definition) is 2. The third kappa shape index (κ3) is 3.85. The van der Waals surface area contributed by atoms with Crippen molar-refractivity contribution in [2.24, 2.45) is 5.73 Å². The number of urea groups is 1. The number of nitrogens with zero attached hydrogens (tertiary/aromatic N) is 1. The van der Waals surface area contributed by atoms with Gasteiger partial charge in [0.25, 0.3) is 5.91 Å². The van der Waals surface area contributed by atoms with Crippen LogP contribution in [0.1, 0.15) is 40.2 Å². The number of rotatable bonds is 3. The zero-order chi connectivity index (χ0) is 18.7. The average molecular weight is 355 g/mol. The largest absolute Gasteiger partial charge is 0.366 e. The summed E-state index contributed by atoms with van der Waals surface area (Å²) in [5.74, 6) is -1.27. The molecular formula is C20H22FN3O2. The number of aryl methyl sites for hydroxylation is 1. The van der Waals surface area contributed by atoms with E-state index in [2.05, 4.69) is 24.4 Å². The van der Waals surface area contributed by atoms with Crippen LogP contribution < -0.4 is 11.1 Å². The summed E-state index contributed by atoms with van der Waals surface area (Å²) in [5.41, 5.74) is 7.76. The Kier molecular flexibility index (Phi) is 5.21. The molecule has 136 valence electrons. The van der Waals surface area contributed by atoms with Gasteiger partial charge in [0.15, 0.2) is 0 Å². The van der Waals surface area contributed by atoms with Gasteiger partial charge < -0.3 is 16.0 Å². The number of nitrogens with two attached hydrogens (primary N) is 1. The fourth-order valence-electron chi connectivity index (χ4n) is 3.45. The van der Waals surface area contributed by atoms with Gasteiger partial charge in [-0.25, -0.2) is 9.18 Å². The summed E-state index contributed by atoms with van der Waals surface area (Å²) in [7, 11) is 0. The third-order valence-electron chi connectivity index (χ3n) is 4.82. The van der Waals surface area contributed by atoms with Crippen molar-refractivity contribution in [3.05, 3.63) is 65.0 Å². The number of carbonyl (C=O) groups is 2. The summed E-state index contributed by atoms with van der Waals surface area (Å²) in [5, 5.41) is 2.73. The van der Waals surface area contributed by atoms with Gasteiger partial charge in [-0.2, -0.15) is 0 Å². The number of halogens is 1. The molecule has 1 fully saturated rings. The van der Waals surface area contributed by atoms with E-state index in [1.54, 1.807) is 4.90 Å². The highest BCUT2D eigenvalue weighted by Gasteiger charge is 2.25.